The summed E-state index contributed by atoms with van der Waals surface area (Å²) in [5.74, 6) is 2.75. The van der Waals surface area contributed by atoms with Gasteiger partial charge in [0.1, 0.15) is 5.82 Å². The van der Waals surface area contributed by atoms with Gasteiger partial charge in [0.15, 0.2) is 11.7 Å². The lowest BCUT2D eigenvalue weighted by atomic mass is 10.3. The highest BCUT2D eigenvalue weighted by molar-refractivity contribution is 5.79. The van der Waals surface area contributed by atoms with Gasteiger partial charge in [0, 0.05) is 20.6 Å². The lowest BCUT2D eigenvalue weighted by Gasteiger charge is -2.21. The summed E-state index contributed by atoms with van der Waals surface area (Å²) in [5, 5.41) is 10.3. The van der Waals surface area contributed by atoms with E-state index in [1.807, 2.05) is 25.3 Å². The van der Waals surface area contributed by atoms with Gasteiger partial charge in [0.25, 0.3) is 0 Å². The highest BCUT2D eigenvalue weighted by Crippen LogP contribution is 2.14. The number of furan rings is 1. The molecule has 2 heterocycles. The average Bonchev–Trinajstić information content (AvgIpc) is 3.19. The largest absolute Gasteiger partial charge is 0.461 e. The Bertz CT molecular complexity index is 601. The Morgan fingerprint density at radius 2 is 2.45 bits per heavy atom. The minimum absolute atomic E-state index is 0.520. The molecule has 2 rings (SSSR count). The van der Waals surface area contributed by atoms with E-state index >= 15 is 0 Å². The van der Waals surface area contributed by atoms with Gasteiger partial charge in [0.05, 0.1) is 12.8 Å². The molecule has 22 heavy (non-hydrogen) atoms. The molecule has 0 saturated carbocycles. The van der Waals surface area contributed by atoms with Crippen LogP contribution in [0.5, 0.6) is 0 Å². The smallest absolute Gasteiger partial charge is 0.216 e. The van der Waals surface area contributed by atoms with Crippen LogP contribution in [0.15, 0.2) is 40.5 Å². The molecule has 7 nitrogen and oxygen atoms in total. The molecule has 0 aliphatic rings. The Morgan fingerprint density at radius 3 is 3.14 bits per heavy atom. The molecular formula is C15H22N6O. The third kappa shape index (κ3) is 4.21. The molecule has 0 atom stereocenters. The number of guanidine groups is 1. The molecule has 2 N–H and O–H groups in total. The van der Waals surface area contributed by atoms with E-state index in [2.05, 4.69) is 37.0 Å². The molecule has 0 radical (unpaired) electrons. The van der Waals surface area contributed by atoms with Gasteiger partial charge in [-0.1, -0.05) is 6.08 Å². The third-order valence-corrected chi connectivity index (χ3v) is 3.16. The third-order valence-electron chi connectivity index (χ3n) is 3.16. The first-order valence-electron chi connectivity index (χ1n) is 7.22. The van der Waals surface area contributed by atoms with E-state index in [0.717, 1.165) is 31.2 Å². The van der Waals surface area contributed by atoms with Crippen LogP contribution in [0.2, 0.25) is 0 Å². The Balaban J connectivity index is 1.87. The van der Waals surface area contributed by atoms with Gasteiger partial charge in [-0.3, -0.25) is 10.1 Å². The first kappa shape index (κ1) is 15.8. The maximum atomic E-state index is 5.27. The van der Waals surface area contributed by atoms with E-state index in [-0.39, 0.29) is 0 Å². The van der Waals surface area contributed by atoms with E-state index in [9.17, 15) is 0 Å². The van der Waals surface area contributed by atoms with E-state index < -0.39 is 0 Å². The van der Waals surface area contributed by atoms with Crippen LogP contribution in [-0.2, 0) is 6.54 Å². The summed E-state index contributed by atoms with van der Waals surface area (Å²) in [6, 6.07) is 3.64. The maximum absolute atomic E-state index is 5.27. The molecule has 0 aliphatic heterocycles. The van der Waals surface area contributed by atoms with Gasteiger partial charge in [-0.25, -0.2) is 4.98 Å². The van der Waals surface area contributed by atoms with E-state index in [4.69, 9.17) is 4.42 Å². The van der Waals surface area contributed by atoms with Gasteiger partial charge < -0.3 is 14.6 Å². The molecule has 7 heteroatoms. The van der Waals surface area contributed by atoms with E-state index in [1.165, 1.54) is 0 Å². The number of hydrogen-bond donors (Lipinski definition) is 2. The van der Waals surface area contributed by atoms with Crippen molar-refractivity contribution in [1.82, 2.24) is 25.4 Å². The molecule has 118 valence electrons. The molecule has 0 aliphatic carbocycles. The molecule has 0 spiro atoms. The number of H-pyrrole nitrogens is 1. The lowest BCUT2D eigenvalue weighted by molar-refractivity contribution is 0.469. The number of allylic oxidation sites excluding steroid dienone is 1. The molecule has 2 aromatic rings. The van der Waals surface area contributed by atoms with Crippen LogP contribution in [0, 0.1) is 0 Å². The van der Waals surface area contributed by atoms with Crippen LogP contribution < -0.4 is 5.32 Å². The predicted octanol–water partition coefficient (Wildman–Crippen LogP) is 2.04. The summed E-state index contributed by atoms with van der Waals surface area (Å²) < 4.78 is 5.27. The van der Waals surface area contributed by atoms with E-state index in [0.29, 0.717) is 18.1 Å². The fourth-order valence-electron chi connectivity index (χ4n) is 2.02. The average molecular weight is 302 g/mol. The van der Waals surface area contributed by atoms with E-state index in [1.54, 1.807) is 13.3 Å². The molecule has 0 aromatic carbocycles. The maximum Gasteiger partial charge on any atom is 0.216 e. The van der Waals surface area contributed by atoms with Gasteiger partial charge in [-0.05, 0) is 25.0 Å². The van der Waals surface area contributed by atoms with Crippen molar-refractivity contribution in [3.63, 3.8) is 0 Å². The number of nitrogens with one attached hydrogen (secondary N) is 2. The van der Waals surface area contributed by atoms with Crippen LogP contribution in [0.4, 0.5) is 0 Å². The number of unbranched alkanes of at least 4 members (excludes halogenated alkanes) is 1. The normalized spacial score (nSPS) is 11.5. The summed E-state index contributed by atoms with van der Waals surface area (Å²) >= 11 is 0. The summed E-state index contributed by atoms with van der Waals surface area (Å²) in [4.78, 5) is 10.7. The van der Waals surface area contributed by atoms with Gasteiger partial charge >= 0.3 is 0 Å². The molecule has 0 unspecified atom stereocenters. The number of aromatic amines is 1. The zero-order valence-corrected chi connectivity index (χ0v) is 13.0. The fraction of sp³-hybridized carbons (Fsp3) is 0.400. The zero-order chi connectivity index (χ0) is 15.8. The Hall–Kier alpha value is -2.57. The van der Waals surface area contributed by atoms with Crippen molar-refractivity contribution in [3.05, 3.63) is 36.9 Å². The Labute approximate surface area is 130 Å². The SMILES string of the molecule is C=CCCCN(C)C(=NC)NCc1nc(-c2ccco2)n[nH]1. The second-order valence-electron chi connectivity index (χ2n) is 4.84. The van der Waals surface area contributed by atoms with Gasteiger partial charge in [-0.2, -0.15) is 0 Å². The molecule has 0 saturated heterocycles. The lowest BCUT2D eigenvalue weighted by Crippen LogP contribution is -2.39. The summed E-state index contributed by atoms with van der Waals surface area (Å²) in [6.45, 7) is 5.17. The van der Waals surface area contributed by atoms with Crippen molar-refractivity contribution in [2.45, 2.75) is 19.4 Å². The minimum Gasteiger partial charge on any atom is -0.461 e. The van der Waals surface area contributed by atoms with Crippen molar-refractivity contribution in [1.29, 1.82) is 0 Å². The first-order valence-corrected chi connectivity index (χ1v) is 7.22. The second-order valence-corrected chi connectivity index (χ2v) is 4.84. The van der Waals surface area contributed by atoms with Crippen LogP contribution >= 0.6 is 0 Å². The number of aliphatic imine (C=N–C) groups is 1. The quantitative estimate of drug-likeness (QED) is 0.354. The Kier molecular flexibility index (Phi) is 5.76. The molecule has 2 aromatic heterocycles. The molecule has 0 bridgehead atoms. The molecular weight excluding hydrogens is 280 g/mol. The number of rotatable bonds is 7. The summed E-state index contributed by atoms with van der Waals surface area (Å²) in [5.41, 5.74) is 0. The van der Waals surface area contributed by atoms with Crippen LogP contribution in [0.25, 0.3) is 11.6 Å². The number of aromatic nitrogens is 3. The summed E-state index contributed by atoms with van der Waals surface area (Å²) in [6.07, 6.45) is 5.57. The van der Waals surface area contributed by atoms with Crippen LogP contribution in [0.1, 0.15) is 18.7 Å². The van der Waals surface area contributed by atoms with Crippen molar-refractivity contribution < 1.29 is 4.42 Å². The highest BCUT2D eigenvalue weighted by atomic mass is 16.3. The predicted molar refractivity (Wildman–Crippen MR) is 86.3 cm³/mol. The van der Waals surface area contributed by atoms with Crippen molar-refractivity contribution in [2.75, 3.05) is 20.6 Å². The van der Waals surface area contributed by atoms with Crippen molar-refractivity contribution >= 4 is 5.96 Å². The monoisotopic (exact) mass is 302 g/mol. The minimum atomic E-state index is 0.520. The van der Waals surface area contributed by atoms with Crippen molar-refractivity contribution in [3.8, 4) is 11.6 Å². The topological polar surface area (TPSA) is 82.3 Å². The van der Waals surface area contributed by atoms with Crippen LogP contribution in [0.3, 0.4) is 0 Å². The number of nitrogens with zero attached hydrogens (tertiary/aromatic N) is 4. The fourth-order valence-corrected chi connectivity index (χ4v) is 2.02. The highest BCUT2D eigenvalue weighted by Gasteiger charge is 2.10. The van der Waals surface area contributed by atoms with Crippen molar-refractivity contribution in [2.24, 2.45) is 4.99 Å². The molecule has 0 amide bonds. The zero-order valence-electron chi connectivity index (χ0n) is 13.0. The molecule has 0 fully saturated rings. The first-order chi connectivity index (χ1) is 10.7. The Morgan fingerprint density at radius 1 is 1.59 bits per heavy atom. The van der Waals surface area contributed by atoms with Gasteiger partial charge in [-0.15, -0.1) is 11.7 Å². The second kappa shape index (κ2) is 8.02. The standard InChI is InChI=1S/C15H22N6O/c1-4-5-6-9-21(3)15(16-2)17-11-13-18-14(20-19-13)12-8-7-10-22-12/h4,7-8,10H,1,5-6,9,11H2,2-3H3,(H,16,17)(H,18,19,20). The summed E-state index contributed by atoms with van der Waals surface area (Å²) in [7, 11) is 3.77. The number of hydrogen-bond acceptors (Lipinski definition) is 4. The van der Waals surface area contributed by atoms with Crippen LogP contribution in [-0.4, -0.2) is 46.7 Å². The van der Waals surface area contributed by atoms with Gasteiger partial charge in [0.2, 0.25) is 5.82 Å².